The van der Waals surface area contributed by atoms with Crippen LogP contribution in [0.5, 0.6) is 5.75 Å². The van der Waals surface area contributed by atoms with Crippen LogP contribution in [0.15, 0.2) is 35.3 Å². The number of rotatable bonds is 4. The minimum atomic E-state index is -0.524. The van der Waals surface area contributed by atoms with Gasteiger partial charge in [-0.3, -0.25) is 4.79 Å². The first-order valence-corrected chi connectivity index (χ1v) is 8.18. The Morgan fingerprint density at radius 1 is 1.31 bits per heavy atom. The summed E-state index contributed by atoms with van der Waals surface area (Å²) in [5, 5.41) is 0.881. The van der Waals surface area contributed by atoms with Crippen molar-refractivity contribution in [2.24, 2.45) is 0 Å². The minimum Gasteiger partial charge on any atom is -0.484 e. The monoisotopic (exact) mass is 373 g/mol. The molecular weight excluding hydrogens is 358 g/mol. The number of aromatic amines is 1. The van der Waals surface area contributed by atoms with Crippen molar-refractivity contribution in [3.63, 3.8) is 0 Å². The Balaban J connectivity index is 1.90. The lowest BCUT2D eigenvalue weighted by atomic mass is 10.1. The Hall–Kier alpha value is -2.93. The van der Waals surface area contributed by atoms with Gasteiger partial charge in [-0.15, -0.1) is 0 Å². The third-order valence-corrected chi connectivity index (χ3v) is 4.15. The van der Waals surface area contributed by atoms with Gasteiger partial charge in [-0.25, -0.2) is 14.8 Å². The normalized spacial score (nSPS) is 12.0. The lowest BCUT2D eigenvalue weighted by molar-refractivity contribution is 0.0594. The lowest BCUT2D eigenvalue weighted by Gasteiger charge is -2.17. The highest BCUT2D eigenvalue weighted by Gasteiger charge is 2.16. The zero-order valence-corrected chi connectivity index (χ0v) is 15.1. The summed E-state index contributed by atoms with van der Waals surface area (Å²) in [6, 6.07) is 6.44. The number of esters is 1. The number of nitrogens with one attached hydrogen (secondary N) is 1. The van der Waals surface area contributed by atoms with Gasteiger partial charge in [0.05, 0.1) is 24.2 Å². The number of H-pyrrole nitrogens is 1. The molecule has 0 spiro atoms. The number of nitrogens with zero attached hydrogens (tertiary/aromatic N) is 2. The number of carbonyl (C=O) groups is 1. The van der Waals surface area contributed by atoms with Crippen molar-refractivity contribution >= 4 is 28.5 Å². The number of hydrogen-bond donors (Lipinski definition) is 1. The topological polar surface area (TPSA) is 94.2 Å². The summed E-state index contributed by atoms with van der Waals surface area (Å²) in [5.74, 6) is 0.453. The van der Waals surface area contributed by atoms with Crippen LogP contribution in [0.3, 0.4) is 0 Å². The maximum atomic E-state index is 12.1. The van der Waals surface area contributed by atoms with Crippen LogP contribution >= 0.6 is 11.6 Å². The molecule has 26 heavy (non-hydrogen) atoms. The van der Waals surface area contributed by atoms with Crippen molar-refractivity contribution in [2.75, 3.05) is 7.11 Å². The van der Waals surface area contributed by atoms with E-state index in [1.807, 2.05) is 0 Å². The number of methoxy groups -OCH3 is 1. The van der Waals surface area contributed by atoms with E-state index in [4.69, 9.17) is 16.3 Å². The van der Waals surface area contributed by atoms with E-state index in [9.17, 15) is 9.59 Å². The standard InChI is InChI=1S/C18H16ClN3O4/c1-9(26-11-4-5-15(20-8-11)18(24)25-3)12-6-13-16(7-14(12)19)21-10(2)22-17(13)23/h4-9H,1-3H3,(H,21,22,23). The van der Waals surface area contributed by atoms with Crippen molar-refractivity contribution < 1.29 is 14.3 Å². The predicted molar refractivity (Wildman–Crippen MR) is 96.7 cm³/mol. The zero-order valence-electron chi connectivity index (χ0n) is 14.4. The van der Waals surface area contributed by atoms with Gasteiger partial charge in [0.25, 0.3) is 5.56 Å². The summed E-state index contributed by atoms with van der Waals surface area (Å²) in [7, 11) is 1.29. The van der Waals surface area contributed by atoms with Crippen LogP contribution in [-0.4, -0.2) is 28.0 Å². The van der Waals surface area contributed by atoms with Gasteiger partial charge in [0.15, 0.2) is 0 Å². The van der Waals surface area contributed by atoms with Gasteiger partial charge in [-0.1, -0.05) is 11.6 Å². The van der Waals surface area contributed by atoms with Gasteiger partial charge in [0.2, 0.25) is 0 Å². The number of halogens is 1. The molecule has 1 atom stereocenters. The Kier molecular flexibility index (Phi) is 4.90. The molecule has 2 aromatic heterocycles. The number of benzene rings is 1. The highest BCUT2D eigenvalue weighted by atomic mass is 35.5. The Morgan fingerprint density at radius 2 is 2.08 bits per heavy atom. The fourth-order valence-corrected chi connectivity index (χ4v) is 2.86. The summed E-state index contributed by atoms with van der Waals surface area (Å²) >= 11 is 6.35. The third kappa shape index (κ3) is 3.52. The molecule has 0 amide bonds. The molecule has 1 N–H and O–H groups in total. The zero-order chi connectivity index (χ0) is 18.8. The Morgan fingerprint density at radius 3 is 2.73 bits per heavy atom. The van der Waals surface area contributed by atoms with Gasteiger partial charge in [0, 0.05) is 10.6 Å². The predicted octanol–water partition coefficient (Wildman–Crippen LogP) is 3.21. The van der Waals surface area contributed by atoms with Crippen LogP contribution in [0.1, 0.15) is 34.9 Å². The Labute approximate surface area is 154 Å². The van der Waals surface area contributed by atoms with E-state index < -0.39 is 12.1 Å². The van der Waals surface area contributed by atoms with Gasteiger partial charge in [-0.05, 0) is 38.1 Å². The van der Waals surface area contributed by atoms with Crippen LogP contribution in [0.2, 0.25) is 5.02 Å². The van der Waals surface area contributed by atoms with Crippen molar-refractivity contribution in [3.8, 4) is 5.75 Å². The molecule has 0 aliphatic heterocycles. The average Bonchev–Trinajstić information content (AvgIpc) is 2.60. The van der Waals surface area contributed by atoms with Crippen molar-refractivity contribution in [2.45, 2.75) is 20.0 Å². The first-order chi connectivity index (χ1) is 12.4. The summed E-state index contributed by atoms with van der Waals surface area (Å²) in [4.78, 5) is 34.5. The van der Waals surface area contributed by atoms with Crippen molar-refractivity contribution in [1.29, 1.82) is 0 Å². The number of carbonyl (C=O) groups excluding carboxylic acids is 1. The van der Waals surface area contributed by atoms with E-state index in [1.54, 1.807) is 32.0 Å². The van der Waals surface area contributed by atoms with Crippen LogP contribution in [0.4, 0.5) is 0 Å². The highest BCUT2D eigenvalue weighted by molar-refractivity contribution is 6.32. The molecule has 1 aromatic carbocycles. The second-order valence-corrected chi connectivity index (χ2v) is 6.08. The molecule has 0 bridgehead atoms. The molecule has 134 valence electrons. The van der Waals surface area contributed by atoms with Gasteiger partial charge in [0.1, 0.15) is 23.4 Å². The summed E-state index contributed by atoms with van der Waals surface area (Å²) in [6.07, 6.45) is 0.980. The van der Waals surface area contributed by atoms with E-state index in [0.717, 1.165) is 0 Å². The molecule has 0 fully saturated rings. The SMILES string of the molecule is COC(=O)c1ccc(OC(C)c2cc3c(=O)[nH]c(C)nc3cc2Cl)cn1. The first-order valence-electron chi connectivity index (χ1n) is 7.80. The minimum absolute atomic E-state index is 0.184. The third-order valence-electron chi connectivity index (χ3n) is 3.82. The molecule has 0 aliphatic carbocycles. The highest BCUT2D eigenvalue weighted by Crippen LogP contribution is 2.29. The first kappa shape index (κ1) is 17.9. The molecule has 8 heteroatoms. The number of ether oxygens (including phenoxy) is 2. The molecule has 3 aromatic rings. The maximum absolute atomic E-state index is 12.1. The largest absolute Gasteiger partial charge is 0.484 e. The van der Waals surface area contributed by atoms with Gasteiger partial charge < -0.3 is 14.5 Å². The quantitative estimate of drug-likeness (QED) is 0.706. The second kappa shape index (κ2) is 7.13. The van der Waals surface area contributed by atoms with E-state index in [-0.39, 0.29) is 11.3 Å². The molecule has 3 rings (SSSR count). The molecule has 2 heterocycles. The van der Waals surface area contributed by atoms with Crippen LogP contribution in [-0.2, 0) is 4.74 Å². The van der Waals surface area contributed by atoms with E-state index in [0.29, 0.717) is 33.1 Å². The maximum Gasteiger partial charge on any atom is 0.356 e. The van der Waals surface area contributed by atoms with Crippen LogP contribution in [0.25, 0.3) is 10.9 Å². The van der Waals surface area contributed by atoms with E-state index >= 15 is 0 Å². The number of pyridine rings is 1. The number of hydrogen-bond acceptors (Lipinski definition) is 6. The smallest absolute Gasteiger partial charge is 0.356 e. The van der Waals surface area contributed by atoms with Crippen LogP contribution in [0, 0.1) is 6.92 Å². The van der Waals surface area contributed by atoms with E-state index in [2.05, 4.69) is 19.7 Å². The fraction of sp³-hybridized carbons (Fsp3) is 0.222. The second-order valence-electron chi connectivity index (χ2n) is 5.67. The number of fused-ring (bicyclic) bond motifs is 1. The average molecular weight is 374 g/mol. The molecular formula is C18H16ClN3O4. The molecule has 0 radical (unpaired) electrons. The summed E-state index contributed by atoms with van der Waals surface area (Å²) in [6.45, 7) is 3.51. The molecule has 1 unspecified atom stereocenters. The lowest BCUT2D eigenvalue weighted by Crippen LogP contribution is -2.12. The Bertz CT molecular complexity index is 1030. The summed E-state index contributed by atoms with van der Waals surface area (Å²) < 4.78 is 10.4. The molecule has 0 saturated heterocycles. The summed E-state index contributed by atoms with van der Waals surface area (Å²) in [5.41, 5.74) is 1.12. The molecule has 0 aliphatic rings. The van der Waals surface area contributed by atoms with Gasteiger partial charge in [-0.2, -0.15) is 0 Å². The fourth-order valence-electron chi connectivity index (χ4n) is 2.55. The molecule has 0 saturated carbocycles. The van der Waals surface area contributed by atoms with Crippen molar-refractivity contribution in [1.82, 2.24) is 15.0 Å². The van der Waals surface area contributed by atoms with Gasteiger partial charge >= 0.3 is 5.97 Å². The van der Waals surface area contributed by atoms with Crippen LogP contribution < -0.4 is 10.3 Å². The molecule has 7 nitrogen and oxygen atoms in total. The number of aryl methyl sites for hydroxylation is 1. The van der Waals surface area contributed by atoms with E-state index in [1.165, 1.54) is 19.4 Å². The van der Waals surface area contributed by atoms with Crippen molar-refractivity contribution in [3.05, 3.63) is 62.9 Å². The number of aromatic nitrogens is 3.